The van der Waals surface area contributed by atoms with Crippen LogP contribution >= 0.6 is 23.2 Å². The number of hydrogen-bond donors (Lipinski definition) is 1. The van der Waals surface area contributed by atoms with Crippen LogP contribution < -0.4 is 5.73 Å². The van der Waals surface area contributed by atoms with E-state index in [1.807, 2.05) is 0 Å². The average molecular weight is 314 g/mol. The summed E-state index contributed by atoms with van der Waals surface area (Å²) in [6.45, 7) is -0.0853. The van der Waals surface area contributed by atoms with Crippen molar-refractivity contribution in [2.45, 2.75) is 6.61 Å². The second kappa shape index (κ2) is 6.11. The lowest BCUT2D eigenvalue weighted by molar-refractivity contribution is 0.0472. The minimum absolute atomic E-state index is 0.0129. The minimum Gasteiger partial charge on any atom is -0.457 e. The highest BCUT2D eigenvalue weighted by atomic mass is 35.5. The predicted octanol–water partition coefficient (Wildman–Crippen LogP) is 4.07. The van der Waals surface area contributed by atoms with Crippen molar-refractivity contribution in [3.05, 3.63) is 63.4 Å². The molecule has 2 rings (SSSR count). The Labute approximate surface area is 125 Å². The van der Waals surface area contributed by atoms with Gasteiger partial charge in [0.15, 0.2) is 0 Å². The molecule has 0 aliphatic heterocycles. The first-order valence-corrected chi connectivity index (χ1v) is 6.39. The molecule has 6 heteroatoms. The lowest BCUT2D eigenvalue weighted by Crippen LogP contribution is -2.07. The van der Waals surface area contributed by atoms with E-state index in [0.717, 1.165) is 0 Å². The number of halogens is 3. The summed E-state index contributed by atoms with van der Waals surface area (Å²) in [4.78, 5) is 11.9. The van der Waals surface area contributed by atoms with Crippen LogP contribution in [0, 0.1) is 5.82 Å². The van der Waals surface area contributed by atoms with Crippen molar-refractivity contribution in [3.63, 3.8) is 0 Å². The maximum Gasteiger partial charge on any atom is 0.340 e. The third-order valence-corrected chi connectivity index (χ3v) is 3.20. The first-order valence-electron chi connectivity index (χ1n) is 5.63. The SMILES string of the molecule is Nc1ccc(Cl)c(C(=O)OCc2ccc(Cl)c(F)c2)c1. The normalized spacial score (nSPS) is 10.3. The van der Waals surface area contributed by atoms with Gasteiger partial charge >= 0.3 is 5.97 Å². The summed E-state index contributed by atoms with van der Waals surface area (Å²) in [7, 11) is 0. The molecule has 2 N–H and O–H groups in total. The molecule has 0 saturated carbocycles. The molecule has 2 aromatic carbocycles. The largest absolute Gasteiger partial charge is 0.457 e. The molecule has 104 valence electrons. The number of anilines is 1. The molecule has 0 aromatic heterocycles. The first-order chi connectivity index (χ1) is 9.47. The lowest BCUT2D eigenvalue weighted by atomic mass is 10.2. The fourth-order valence-electron chi connectivity index (χ4n) is 1.56. The minimum atomic E-state index is -0.627. The smallest absolute Gasteiger partial charge is 0.340 e. The number of rotatable bonds is 3. The van der Waals surface area contributed by atoms with Gasteiger partial charge in [-0.2, -0.15) is 0 Å². The molecular weight excluding hydrogens is 304 g/mol. The Kier molecular flexibility index (Phi) is 4.47. The molecule has 0 aliphatic rings. The number of esters is 1. The zero-order chi connectivity index (χ0) is 14.7. The number of nitrogens with two attached hydrogens (primary N) is 1. The van der Waals surface area contributed by atoms with Gasteiger partial charge in [-0.05, 0) is 35.9 Å². The molecule has 0 unspecified atom stereocenters. The molecule has 0 bridgehead atoms. The van der Waals surface area contributed by atoms with Gasteiger partial charge in [-0.25, -0.2) is 9.18 Å². The Balaban J connectivity index is 2.08. The van der Waals surface area contributed by atoms with E-state index in [9.17, 15) is 9.18 Å². The number of hydrogen-bond acceptors (Lipinski definition) is 3. The molecule has 2 aromatic rings. The van der Waals surface area contributed by atoms with Crippen molar-refractivity contribution in [1.82, 2.24) is 0 Å². The molecule has 3 nitrogen and oxygen atoms in total. The van der Waals surface area contributed by atoms with Gasteiger partial charge in [0, 0.05) is 5.69 Å². The Morgan fingerprint density at radius 2 is 1.85 bits per heavy atom. The molecule has 0 radical (unpaired) electrons. The van der Waals surface area contributed by atoms with E-state index in [0.29, 0.717) is 11.3 Å². The lowest BCUT2D eigenvalue weighted by Gasteiger charge is -2.07. The van der Waals surface area contributed by atoms with Crippen molar-refractivity contribution >= 4 is 34.9 Å². The summed E-state index contributed by atoms with van der Waals surface area (Å²) in [6.07, 6.45) is 0. The van der Waals surface area contributed by atoms with Crippen molar-refractivity contribution in [1.29, 1.82) is 0 Å². The summed E-state index contributed by atoms with van der Waals surface area (Å²) in [5, 5.41) is 0.255. The molecule has 20 heavy (non-hydrogen) atoms. The van der Waals surface area contributed by atoms with Gasteiger partial charge in [0.05, 0.1) is 15.6 Å². The van der Waals surface area contributed by atoms with E-state index in [-0.39, 0.29) is 22.2 Å². The van der Waals surface area contributed by atoms with Gasteiger partial charge in [-0.3, -0.25) is 0 Å². The Morgan fingerprint density at radius 3 is 2.55 bits per heavy atom. The number of carbonyl (C=O) groups is 1. The van der Waals surface area contributed by atoms with Gasteiger partial charge in [0.25, 0.3) is 0 Å². The second-order valence-corrected chi connectivity index (χ2v) is 4.88. The summed E-state index contributed by atoms with van der Waals surface area (Å²) in [6, 6.07) is 8.68. The van der Waals surface area contributed by atoms with Crippen LogP contribution in [0.25, 0.3) is 0 Å². The Morgan fingerprint density at radius 1 is 1.15 bits per heavy atom. The second-order valence-electron chi connectivity index (χ2n) is 4.06. The van der Waals surface area contributed by atoms with Crippen LogP contribution in [0.1, 0.15) is 15.9 Å². The fourth-order valence-corrected chi connectivity index (χ4v) is 1.87. The summed E-state index contributed by atoms with van der Waals surface area (Å²) < 4.78 is 18.3. The van der Waals surface area contributed by atoms with E-state index >= 15 is 0 Å². The van der Waals surface area contributed by atoms with Crippen LogP contribution in [-0.4, -0.2) is 5.97 Å². The molecule has 0 spiro atoms. The van der Waals surface area contributed by atoms with Crippen molar-refractivity contribution in [2.24, 2.45) is 0 Å². The van der Waals surface area contributed by atoms with Crippen molar-refractivity contribution in [3.8, 4) is 0 Å². The van der Waals surface area contributed by atoms with Crippen LogP contribution in [0.5, 0.6) is 0 Å². The predicted molar refractivity (Wildman–Crippen MR) is 76.4 cm³/mol. The molecule has 0 heterocycles. The third-order valence-electron chi connectivity index (χ3n) is 2.56. The van der Waals surface area contributed by atoms with Gasteiger partial charge < -0.3 is 10.5 Å². The zero-order valence-corrected chi connectivity index (χ0v) is 11.7. The topological polar surface area (TPSA) is 52.3 Å². The highest BCUT2D eigenvalue weighted by Gasteiger charge is 2.13. The summed E-state index contributed by atoms with van der Waals surface area (Å²) >= 11 is 11.4. The van der Waals surface area contributed by atoms with Crippen LogP contribution in [-0.2, 0) is 11.3 Å². The number of ether oxygens (including phenoxy) is 1. The standard InChI is InChI=1S/C14H10Cl2FNO2/c15-11-4-2-9(18)6-10(11)14(19)20-7-8-1-3-12(16)13(17)5-8/h1-6H,7,18H2. The van der Waals surface area contributed by atoms with Crippen molar-refractivity contribution < 1.29 is 13.9 Å². The van der Waals surface area contributed by atoms with E-state index in [1.54, 1.807) is 12.1 Å². The molecule has 0 saturated heterocycles. The highest BCUT2D eigenvalue weighted by Crippen LogP contribution is 2.21. The van der Waals surface area contributed by atoms with Crippen molar-refractivity contribution in [2.75, 3.05) is 5.73 Å². The number of benzene rings is 2. The average Bonchev–Trinajstić information content (AvgIpc) is 2.42. The van der Waals surface area contributed by atoms with E-state index in [4.69, 9.17) is 33.7 Å². The number of carbonyl (C=O) groups excluding carboxylic acids is 1. The third kappa shape index (κ3) is 3.40. The fraction of sp³-hybridized carbons (Fsp3) is 0.0714. The first kappa shape index (κ1) is 14.6. The van der Waals surface area contributed by atoms with E-state index < -0.39 is 11.8 Å². The van der Waals surface area contributed by atoms with Gasteiger partial charge in [0.1, 0.15) is 12.4 Å². The van der Waals surface area contributed by atoms with Gasteiger partial charge in [-0.15, -0.1) is 0 Å². The molecule has 0 amide bonds. The van der Waals surface area contributed by atoms with Crippen LogP contribution in [0.3, 0.4) is 0 Å². The summed E-state index contributed by atoms with van der Waals surface area (Å²) in [5.74, 6) is -1.19. The Bertz CT molecular complexity index is 662. The maximum absolute atomic E-state index is 13.2. The molecular formula is C14H10Cl2FNO2. The quantitative estimate of drug-likeness (QED) is 0.686. The molecule has 0 atom stereocenters. The van der Waals surface area contributed by atoms with Gasteiger partial charge in [-0.1, -0.05) is 29.3 Å². The van der Waals surface area contributed by atoms with Crippen LogP contribution in [0.2, 0.25) is 10.0 Å². The van der Waals surface area contributed by atoms with Crippen LogP contribution in [0.4, 0.5) is 10.1 Å². The molecule has 0 aliphatic carbocycles. The zero-order valence-electron chi connectivity index (χ0n) is 10.2. The number of nitrogen functional groups attached to an aromatic ring is 1. The highest BCUT2D eigenvalue weighted by molar-refractivity contribution is 6.33. The van der Waals surface area contributed by atoms with Gasteiger partial charge in [0.2, 0.25) is 0 Å². The molecule has 0 fully saturated rings. The monoisotopic (exact) mass is 313 g/mol. The van der Waals surface area contributed by atoms with Crippen LogP contribution in [0.15, 0.2) is 36.4 Å². The maximum atomic E-state index is 13.2. The Hall–Kier alpha value is -1.78. The van der Waals surface area contributed by atoms with E-state index in [2.05, 4.69) is 0 Å². The van der Waals surface area contributed by atoms with E-state index in [1.165, 1.54) is 24.3 Å². The summed E-state index contributed by atoms with van der Waals surface area (Å²) in [5.41, 5.74) is 6.63.